The maximum absolute atomic E-state index is 2.29. The van der Waals surface area contributed by atoms with E-state index in [1.165, 1.54) is 77.7 Å². The van der Waals surface area contributed by atoms with Crippen molar-refractivity contribution in [2.75, 3.05) is 0 Å². The SMILES string of the molecule is CC(C)c1ccc2ccc3cccc4ccc1c2c34.CCC.c1ccc(C2(c3ccccc3)c3ccccc3-c3ccccc32)cc1. The first-order chi connectivity index (χ1) is 23.1. The molecule has 0 atom stereocenters. The molecule has 0 nitrogen and oxygen atoms in total. The fourth-order valence-electron chi connectivity index (χ4n) is 7.66. The van der Waals surface area contributed by atoms with Crippen LogP contribution >= 0.6 is 0 Å². The third-order valence-electron chi connectivity index (χ3n) is 9.55. The minimum absolute atomic E-state index is 0.254. The van der Waals surface area contributed by atoms with E-state index in [9.17, 15) is 0 Å². The van der Waals surface area contributed by atoms with Gasteiger partial charge in [-0.3, -0.25) is 0 Å². The van der Waals surface area contributed by atoms with Gasteiger partial charge in [0.15, 0.2) is 0 Å². The van der Waals surface area contributed by atoms with Crippen LogP contribution in [-0.4, -0.2) is 0 Å². The molecule has 0 bridgehead atoms. The van der Waals surface area contributed by atoms with Crippen molar-refractivity contribution in [2.24, 2.45) is 0 Å². The van der Waals surface area contributed by atoms with Crippen LogP contribution in [0.1, 0.15) is 67.9 Å². The maximum Gasteiger partial charge on any atom is 0.0713 e. The first-order valence-corrected chi connectivity index (χ1v) is 17.1. The first kappa shape index (κ1) is 30.5. The van der Waals surface area contributed by atoms with Crippen molar-refractivity contribution in [3.05, 3.63) is 192 Å². The van der Waals surface area contributed by atoms with Gasteiger partial charge < -0.3 is 0 Å². The maximum atomic E-state index is 2.29. The molecule has 0 amide bonds. The number of hydrogen-bond donors (Lipinski definition) is 0. The average Bonchev–Trinajstić information content (AvgIpc) is 3.43. The van der Waals surface area contributed by atoms with Gasteiger partial charge in [-0.1, -0.05) is 198 Å². The van der Waals surface area contributed by atoms with E-state index in [-0.39, 0.29) is 5.41 Å². The normalized spacial score (nSPS) is 12.7. The van der Waals surface area contributed by atoms with Crippen molar-refractivity contribution >= 4 is 32.3 Å². The van der Waals surface area contributed by atoms with Crippen molar-refractivity contribution < 1.29 is 0 Å². The Morgan fingerprint density at radius 3 is 1.36 bits per heavy atom. The van der Waals surface area contributed by atoms with Crippen molar-refractivity contribution in [3.63, 3.8) is 0 Å². The van der Waals surface area contributed by atoms with Gasteiger partial charge in [0.25, 0.3) is 0 Å². The third-order valence-corrected chi connectivity index (χ3v) is 9.55. The van der Waals surface area contributed by atoms with Gasteiger partial charge >= 0.3 is 0 Å². The second-order valence-corrected chi connectivity index (χ2v) is 12.9. The molecule has 0 spiro atoms. The first-order valence-electron chi connectivity index (χ1n) is 17.1. The molecular weight excluding hydrogens is 565 g/mol. The lowest BCUT2D eigenvalue weighted by Gasteiger charge is -2.33. The predicted molar refractivity (Wildman–Crippen MR) is 204 cm³/mol. The summed E-state index contributed by atoms with van der Waals surface area (Å²) in [6, 6.07) is 59.6. The highest BCUT2D eigenvalue weighted by Gasteiger charge is 2.45. The molecule has 0 heteroatoms. The molecule has 0 fully saturated rings. The largest absolute Gasteiger partial charge is 0.0713 e. The number of hydrogen-bond acceptors (Lipinski definition) is 0. The van der Waals surface area contributed by atoms with Gasteiger partial charge in [0.1, 0.15) is 0 Å². The highest BCUT2D eigenvalue weighted by Crippen LogP contribution is 2.55. The van der Waals surface area contributed by atoms with E-state index in [1.807, 2.05) is 0 Å². The fraction of sp³-hybridized carbons (Fsp3) is 0.149. The Morgan fingerprint density at radius 1 is 0.426 bits per heavy atom. The Hall–Kier alpha value is -5.20. The van der Waals surface area contributed by atoms with Gasteiger partial charge in [0.2, 0.25) is 0 Å². The molecule has 0 aliphatic heterocycles. The van der Waals surface area contributed by atoms with E-state index in [2.05, 4.69) is 191 Å². The Morgan fingerprint density at radius 2 is 0.851 bits per heavy atom. The van der Waals surface area contributed by atoms with E-state index in [0.29, 0.717) is 5.92 Å². The molecule has 0 N–H and O–H groups in total. The van der Waals surface area contributed by atoms with Gasteiger partial charge in [0, 0.05) is 0 Å². The third kappa shape index (κ3) is 5.09. The lowest BCUT2D eigenvalue weighted by Crippen LogP contribution is -2.28. The van der Waals surface area contributed by atoms with Crippen LogP contribution in [0.3, 0.4) is 0 Å². The molecule has 0 saturated heterocycles. The van der Waals surface area contributed by atoms with Crippen LogP contribution in [0.4, 0.5) is 0 Å². The Kier molecular flexibility index (Phi) is 8.35. The second-order valence-electron chi connectivity index (χ2n) is 12.9. The lowest BCUT2D eigenvalue weighted by atomic mass is 9.68. The summed E-state index contributed by atoms with van der Waals surface area (Å²) in [5, 5.41) is 8.30. The predicted octanol–water partition coefficient (Wildman–Crippen LogP) is 13.2. The molecule has 8 aromatic rings. The van der Waals surface area contributed by atoms with Crippen LogP contribution in [0.2, 0.25) is 0 Å². The second kappa shape index (κ2) is 12.9. The Bertz CT molecular complexity index is 2150. The Balaban J connectivity index is 0.000000142. The fourth-order valence-corrected chi connectivity index (χ4v) is 7.66. The zero-order valence-electron chi connectivity index (χ0n) is 27.9. The molecule has 0 radical (unpaired) electrons. The van der Waals surface area contributed by atoms with E-state index in [0.717, 1.165) is 0 Å². The Labute approximate surface area is 279 Å². The van der Waals surface area contributed by atoms with Crippen LogP contribution in [0.25, 0.3) is 43.4 Å². The van der Waals surface area contributed by atoms with Crippen molar-refractivity contribution in [1.29, 1.82) is 0 Å². The molecule has 0 heterocycles. The minimum Gasteiger partial charge on any atom is -0.0656 e. The summed E-state index contributed by atoms with van der Waals surface area (Å²) >= 11 is 0. The summed E-state index contributed by atoms with van der Waals surface area (Å²) < 4.78 is 0. The molecule has 9 rings (SSSR count). The topological polar surface area (TPSA) is 0 Å². The van der Waals surface area contributed by atoms with Crippen molar-refractivity contribution in [2.45, 2.75) is 45.4 Å². The van der Waals surface area contributed by atoms with Gasteiger partial charge in [-0.05, 0) is 77.2 Å². The smallest absolute Gasteiger partial charge is 0.0656 e. The zero-order chi connectivity index (χ0) is 32.4. The molecule has 47 heavy (non-hydrogen) atoms. The molecule has 0 saturated carbocycles. The molecule has 0 aromatic heterocycles. The molecule has 230 valence electrons. The summed E-state index contributed by atoms with van der Waals surface area (Å²) in [6.07, 6.45) is 1.25. The summed E-state index contributed by atoms with van der Waals surface area (Å²) in [5.74, 6) is 0.560. The van der Waals surface area contributed by atoms with Gasteiger partial charge in [-0.25, -0.2) is 0 Å². The average molecular weight is 607 g/mol. The summed E-state index contributed by atoms with van der Waals surface area (Å²) in [5.41, 5.74) is 9.25. The molecule has 0 unspecified atom stereocenters. The van der Waals surface area contributed by atoms with E-state index in [4.69, 9.17) is 0 Å². The number of benzene rings is 8. The quantitative estimate of drug-likeness (QED) is 0.176. The molecule has 1 aliphatic rings. The zero-order valence-corrected chi connectivity index (χ0v) is 27.9. The van der Waals surface area contributed by atoms with Crippen LogP contribution in [0.5, 0.6) is 0 Å². The van der Waals surface area contributed by atoms with Crippen LogP contribution in [0, 0.1) is 0 Å². The number of fused-ring (bicyclic) bond motifs is 3. The van der Waals surface area contributed by atoms with E-state index < -0.39 is 0 Å². The van der Waals surface area contributed by atoms with Gasteiger partial charge in [-0.2, -0.15) is 0 Å². The number of rotatable bonds is 3. The van der Waals surface area contributed by atoms with Gasteiger partial charge in [0.05, 0.1) is 5.41 Å². The van der Waals surface area contributed by atoms with Crippen LogP contribution in [0.15, 0.2) is 164 Å². The van der Waals surface area contributed by atoms with Crippen molar-refractivity contribution in [3.8, 4) is 11.1 Å². The van der Waals surface area contributed by atoms with Crippen molar-refractivity contribution in [1.82, 2.24) is 0 Å². The summed E-state index contributed by atoms with van der Waals surface area (Å²) in [6.45, 7) is 8.79. The van der Waals surface area contributed by atoms with Crippen LogP contribution in [-0.2, 0) is 5.41 Å². The summed E-state index contributed by atoms with van der Waals surface area (Å²) in [4.78, 5) is 0. The lowest BCUT2D eigenvalue weighted by molar-refractivity contribution is 0.768. The summed E-state index contributed by atoms with van der Waals surface area (Å²) in [7, 11) is 0. The molecule has 1 aliphatic carbocycles. The monoisotopic (exact) mass is 606 g/mol. The molecule has 8 aromatic carbocycles. The standard InChI is InChI=1S/C25H18.C19H16.C3H8/c1-3-11-19(12-4-1)25(20-13-5-2-6-14-20)23-17-9-7-15-21(23)22-16-8-10-18-24(22)25;1-12(2)16-10-8-15-7-6-13-4-3-5-14-9-11-17(16)19(15)18(13)14;1-3-2/h1-18H;3-12H,1-2H3;3H2,1-2H3. The highest BCUT2D eigenvalue weighted by molar-refractivity contribution is 6.23. The van der Waals surface area contributed by atoms with Gasteiger partial charge in [-0.15, -0.1) is 0 Å². The van der Waals surface area contributed by atoms with E-state index >= 15 is 0 Å². The minimum atomic E-state index is -0.254. The van der Waals surface area contributed by atoms with E-state index in [1.54, 1.807) is 0 Å². The molecular formula is C47H42. The van der Waals surface area contributed by atoms with Crippen LogP contribution < -0.4 is 0 Å². The highest BCUT2D eigenvalue weighted by atomic mass is 14.5.